The fourth-order valence-corrected chi connectivity index (χ4v) is 4.97. The molecule has 2 aromatic rings. The summed E-state index contributed by atoms with van der Waals surface area (Å²) in [7, 11) is -3.92. The minimum atomic E-state index is -3.92. The molecule has 0 spiro atoms. The molecule has 0 heterocycles. The second-order valence-corrected chi connectivity index (χ2v) is 11.2. The lowest BCUT2D eigenvalue weighted by molar-refractivity contribution is 0.183. The first-order valence-electron chi connectivity index (χ1n) is 13.9. The lowest BCUT2D eigenvalue weighted by atomic mass is 10.0. The highest BCUT2D eigenvalue weighted by Gasteiger charge is 2.17. The van der Waals surface area contributed by atoms with E-state index in [0.29, 0.717) is 19.4 Å². The number of rotatable bonds is 20. The van der Waals surface area contributed by atoms with Gasteiger partial charge in [-0.3, -0.25) is 4.55 Å². The molecule has 0 aliphatic carbocycles. The highest BCUT2D eigenvalue weighted by Crippen LogP contribution is 2.39. The molecule has 2 aromatic carbocycles. The van der Waals surface area contributed by atoms with Crippen LogP contribution in [0.25, 0.3) is 11.1 Å². The Morgan fingerprint density at radius 3 is 2.03 bits per heavy atom. The Hall–Kier alpha value is -2.05. The van der Waals surface area contributed by atoms with E-state index in [2.05, 4.69) is 26.0 Å². The molecule has 6 heteroatoms. The van der Waals surface area contributed by atoms with Gasteiger partial charge in [0.2, 0.25) is 0 Å². The van der Waals surface area contributed by atoms with Gasteiger partial charge in [-0.25, -0.2) is 0 Å². The van der Waals surface area contributed by atoms with Crippen molar-refractivity contribution in [2.75, 3.05) is 12.4 Å². The summed E-state index contributed by atoms with van der Waals surface area (Å²) < 4.78 is 43.7. The molecule has 36 heavy (non-hydrogen) atoms. The minimum Gasteiger partial charge on any atom is -0.493 e. The van der Waals surface area contributed by atoms with Gasteiger partial charge < -0.3 is 9.47 Å². The molecule has 0 fully saturated rings. The molecule has 202 valence electrons. The van der Waals surface area contributed by atoms with Gasteiger partial charge in [0.05, 0.1) is 24.0 Å². The summed E-state index contributed by atoms with van der Waals surface area (Å²) in [6.07, 6.45) is 14.1. The highest BCUT2D eigenvalue weighted by molar-refractivity contribution is 7.85. The van der Waals surface area contributed by atoms with Crippen molar-refractivity contribution >= 4 is 10.1 Å². The first-order chi connectivity index (χ1) is 17.4. The summed E-state index contributed by atoms with van der Waals surface area (Å²) in [5.41, 5.74) is 2.02. The van der Waals surface area contributed by atoms with E-state index in [1.165, 1.54) is 51.4 Å². The van der Waals surface area contributed by atoms with Crippen molar-refractivity contribution in [3.05, 3.63) is 48.5 Å². The molecule has 1 N–H and O–H groups in total. The zero-order valence-corrected chi connectivity index (χ0v) is 23.1. The van der Waals surface area contributed by atoms with E-state index >= 15 is 0 Å². The molecule has 1 unspecified atom stereocenters. The normalized spacial score (nSPS) is 12.4. The zero-order chi connectivity index (χ0) is 26.1. The van der Waals surface area contributed by atoms with Crippen LogP contribution in [0.3, 0.4) is 0 Å². The fourth-order valence-electron chi connectivity index (χ4n) is 4.40. The maximum absolute atomic E-state index is 11.0. The van der Waals surface area contributed by atoms with Gasteiger partial charge in [-0.05, 0) is 49.8 Å². The zero-order valence-electron chi connectivity index (χ0n) is 22.3. The number of benzene rings is 2. The fraction of sp³-hybridized carbons (Fsp3) is 0.600. The SMILES string of the molecule is CCCCCCCCCCCOc1cccc(OC(CC)CCCCS(=O)(=O)O)c1-c1ccccc1. The molecule has 0 saturated heterocycles. The van der Waals surface area contributed by atoms with Crippen molar-refractivity contribution in [2.24, 2.45) is 0 Å². The second-order valence-electron chi connectivity index (χ2n) is 9.60. The number of unbranched alkanes of at least 4 members (excludes halogenated alkanes) is 9. The lowest BCUT2D eigenvalue weighted by Crippen LogP contribution is -2.16. The maximum Gasteiger partial charge on any atom is 0.264 e. The first-order valence-corrected chi connectivity index (χ1v) is 15.5. The average Bonchev–Trinajstić information content (AvgIpc) is 2.87. The van der Waals surface area contributed by atoms with E-state index in [-0.39, 0.29) is 11.9 Å². The highest BCUT2D eigenvalue weighted by atomic mass is 32.2. The number of ether oxygens (including phenoxy) is 2. The van der Waals surface area contributed by atoms with Crippen LogP contribution in [0, 0.1) is 0 Å². The molecular weight excluding hydrogens is 472 g/mol. The van der Waals surface area contributed by atoms with E-state index in [1.54, 1.807) is 0 Å². The van der Waals surface area contributed by atoms with Gasteiger partial charge in [0.25, 0.3) is 10.1 Å². The molecule has 1 atom stereocenters. The molecule has 0 aliphatic heterocycles. The average molecular weight is 519 g/mol. The van der Waals surface area contributed by atoms with Crippen molar-refractivity contribution in [1.29, 1.82) is 0 Å². The molecule has 0 aromatic heterocycles. The van der Waals surface area contributed by atoms with Gasteiger partial charge in [-0.1, -0.05) is 102 Å². The third kappa shape index (κ3) is 12.3. The van der Waals surface area contributed by atoms with Gasteiger partial charge in [0, 0.05) is 0 Å². The van der Waals surface area contributed by atoms with Gasteiger partial charge in [-0.2, -0.15) is 8.42 Å². The van der Waals surface area contributed by atoms with Gasteiger partial charge in [0.1, 0.15) is 11.5 Å². The summed E-state index contributed by atoms with van der Waals surface area (Å²) in [4.78, 5) is 0. The van der Waals surface area contributed by atoms with Crippen LogP contribution in [-0.4, -0.2) is 31.4 Å². The van der Waals surface area contributed by atoms with Gasteiger partial charge in [0.15, 0.2) is 0 Å². The smallest absolute Gasteiger partial charge is 0.264 e. The summed E-state index contributed by atoms with van der Waals surface area (Å²) in [5.74, 6) is 1.41. The van der Waals surface area contributed by atoms with Crippen molar-refractivity contribution in [2.45, 2.75) is 103 Å². The summed E-state index contributed by atoms with van der Waals surface area (Å²) in [6.45, 7) is 5.01. The van der Waals surface area contributed by atoms with Gasteiger partial charge >= 0.3 is 0 Å². The Kier molecular flexibility index (Phi) is 14.6. The standard InChI is InChI=1S/C30H46O5S/c1-3-5-6-7-8-9-10-11-16-24-34-28-22-18-23-29(30(28)26-19-13-12-14-20-26)35-27(4-2)21-15-17-25-36(31,32)33/h12-14,18-20,22-23,27H,3-11,15-17,21,24-25H2,1-2H3,(H,31,32,33). The molecule has 0 bridgehead atoms. The Morgan fingerprint density at radius 2 is 1.39 bits per heavy atom. The van der Waals surface area contributed by atoms with E-state index in [4.69, 9.17) is 14.0 Å². The third-order valence-electron chi connectivity index (χ3n) is 6.48. The topological polar surface area (TPSA) is 72.8 Å². The molecule has 5 nitrogen and oxygen atoms in total. The van der Waals surface area contributed by atoms with Crippen LogP contribution in [-0.2, 0) is 10.1 Å². The Balaban J connectivity index is 1.96. The van der Waals surface area contributed by atoms with Crippen LogP contribution in [0.15, 0.2) is 48.5 Å². The van der Waals surface area contributed by atoms with Crippen LogP contribution >= 0.6 is 0 Å². The van der Waals surface area contributed by atoms with Crippen molar-refractivity contribution in [1.82, 2.24) is 0 Å². The predicted molar refractivity (Wildman–Crippen MR) is 150 cm³/mol. The summed E-state index contributed by atoms with van der Waals surface area (Å²) >= 11 is 0. The van der Waals surface area contributed by atoms with Crippen molar-refractivity contribution in [3.8, 4) is 22.6 Å². The maximum atomic E-state index is 11.0. The molecule has 0 saturated carbocycles. The molecular formula is C30H46O5S. The van der Waals surface area contributed by atoms with Gasteiger partial charge in [-0.15, -0.1) is 0 Å². The van der Waals surface area contributed by atoms with Crippen molar-refractivity contribution < 1.29 is 22.4 Å². The Morgan fingerprint density at radius 1 is 0.750 bits per heavy atom. The molecule has 0 aliphatic rings. The summed E-state index contributed by atoms with van der Waals surface area (Å²) in [5, 5.41) is 0. The van der Waals surface area contributed by atoms with Crippen molar-refractivity contribution in [3.63, 3.8) is 0 Å². The predicted octanol–water partition coefficient (Wildman–Crippen LogP) is 8.48. The summed E-state index contributed by atoms with van der Waals surface area (Å²) in [6, 6.07) is 16.1. The van der Waals surface area contributed by atoms with E-state index < -0.39 is 10.1 Å². The lowest BCUT2D eigenvalue weighted by Gasteiger charge is -2.22. The van der Waals surface area contributed by atoms with Crippen LogP contribution in [0.2, 0.25) is 0 Å². The monoisotopic (exact) mass is 518 g/mol. The number of hydrogen-bond donors (Lipinski definition) is 1. The molecule has 0 radical (unpaired) electrons. The quantitative estimate of drug-likeness (QED) is 0.141. The van der Waals surface area contributed by atoms with E-state index in [0.717, 1.165) is 41.9 Å². The van der Waals surface area contributed by atoms with Crippen LogP contribution in [0.4, 0.5) is 0 Å². The van der Waals surface area contributed by atoms with Crippen LogP contribution < -0.4 is 9.47 Å². The molecule has 0 amide bonds. The third-order valence-corrected chi connectivity index (χ3v) is 7.29. The Bertz CT molecular complexity index is 943. The number of hydrogen-bond acceptors (Lipinski definition) is 4. The van der Waals surface area contributed by atoms with Crippen LogP contribution in [0.5, 0.6) is 11.5 Å². The van der Waals surface area contributed by atoms with E-state index in [9.17, 15) is 8.42 Å². The minimum absolute atomic E-state index is 0.0403. The molecule has 2 rings (SSSR count). The largest absolute Gasteiger partial charge is 0.493 e. The van der Waals surface area contributed by atoms with Crippen LogP contribution in [0.1, 0.15) is 97.3 Å². The first kappa shape index (κ1) is 30.2. The van der Waals surface area contributed by atoms with E-state index in [1.807, 2.05) is 36.4 Å². The second kappa shape index (κ2) is 17.4. The Labute approximate surface area is 219 Å².